The van der Waals surface area contributed by atoms with Gasteiger partial charge >= 0.3 is 0 Å². The molecular formula is C16H17NO3S. The van der Waals surface area contributed by atoms with E-state index in [1.165, 1.54) is 12.1 Å². The molecule has 0 aliphatic rings. The Bertz CT molecular complexity index is 739. The van der Waals surface area contributed by atoms with Crippen molar-refractivity contribution in [3.63, 3.8) is 0 Å². The number of amides is 1. The zero-order chi connectivity index (χ0) is 15.5. The first kappa shape index (κ1) is 15.3. The average molecular weight is 303 g/mol. The second-order valence-electron chi connectivity index (χ2n) is 4.95. The Labute approximate surface area is 124 Å². The lowest BCUT2D eigenvalue weighted by Gasteiger charge is -2.17. The van der Waals surface area contributed by atoms with Gasteiger partial charge in [0, 0.05) is 25.4 Å². The molecule has 2 rings (SSSR count). The molecule has 0 N–H and O–H groups in total. The molecule has 0 radical (unpaired) electrons. The first-order valence-corrected chi connectivity index (χ1v) is 8.36. The van der Waals surface area contributed by atoms with Crippen LogP contribution in [0.15, 0.2) is 59.5 Å². The molecule has 0 aliphatic carbocycles. The van der Waals surface area contributed by atoms with Gasteiger partial charge in [-0.1, -0.05) is 36.4 Å². The Morgan fingerprint density at radius 2 is 1.71 bits per heavy atom. The zero-order valence-electron chi connectivity index (χ0n) is 12.0. The second-order valence-corrected chi connectivity index (χ2v) is 6.96. The number of carbonyl (C=O) groups excluding carboxylic acids is 1. The molecule has 5 heteroatoms. The summed E-state index contributed by atoms with van der Waals surface area (Å²) >= 11 is 0. The molecule has 0 bridgehead atoms. The summed E-state index contributed by atoms with van der Waals surface area (Å²) in [5, 5.41) is 0. The number of sulfone groups is 1. The largest absolute Gasteiger partial charge is 0.337 e. The normalized spacial score (nSPS) is 11.1. The summed E-state index contributed by atoms with van der Waals surface area (Å²) in [4.78, 5) is 14.1. The van der Waals surface area contributed by atoms with E-state index in [4.69, 9.17) is 0 Å². The summed E-state index contributed by atoms with van der Waals surface area (Å²) in [6.45, 7) is 0.475. The van der Waals surface area contributed by atoms with E-state index in [1.807, 2.05) is 30.3 Å². The van der Waals surface area contributed by atoms with Crippen LogP contribution < -0.4 is 0 Å². The molecule has 2 aromatic rings. The molecular weight excluding hydrogens is 286 g/mol. The molecule has 0 saturated carbocycles. The second kappa shape index (κ2) is 6.10. The van der Waals surface area contributed by atoms with Crippen molar-refractivity contribution < 1.29 is 13.2 Å². The fourth-order valence-electron chi connectivity index (χ4n) is 2.01. The van der Waals surface area contributed by atoms with Crippen molar-refractivity contribution in [2.75, 3.05) is 13.3 Å². The Hall–Kier alpha value is -2.14. The van der Waals surface area contributed by atoms with E-state index in [2.05, 4.69) is 0 Å². The highest BCUT2D eigenvalue weighted by molar-refractivity contribution is 7.90. The van der Waals surface area contributed by atoms with Gasteiger partial charge in [-0.15, -0.1) is 0 Å². The summed E-state index contributed by atoms with van der Waals surface area (Å²) in [6.07, 6.45) is 1.13. The first-order valence-electron chi connectivity index (χ1n) is 6.47. The maximum Gasteiger partial charge on any atom is 0.253 e. The quantitative estimate of drug-likeness (QED) is 0.871. The summed E-state index contributed by atoms with van der Waals surface area (Å²) in [7, 11) is -1.62. The average Bonchev–Trinajstić information content (AvgIpc) is 2.46. The van der Waals surface area contributed by atoms with Gasteiger partial charge in [-0.3, -0.25) is 4.79 Å². The first-order chi connectivity index (χ1) is 9.88. The number of rotatable bonds is 4. The third-order valence-electron chi connectivity index (χ3n) is 3.12. The minimum absolute atomic E-state index is 0.154. The smallest absolute Gasteiger partial charge is 0.253 e. The van der Waals surface area contributed by atoms with Crippen molar-refractivity contribution in [1.82, 2.24) is 4.90 Å². The summed E-state index contributed by atoms with van der Waals surface area (Å²) in [6, 6.07) is 15.7. The molecule has 0 saturated heterocycles. The number of benzene rings is 2. The highest BCUT2D eigenvalue weighted by Gasteiger charge is 2.15. The van der Waals surface area contributed by atoms with Crippen molar-refractivity contribution in [2.24, 2.45) is 0 Å². The van der Waals surface area contributed by atoms with Crippen LogP contribution >= 0.6 is 0 Å². The number of hydrogen-bond donors (Lipinski definition) is 0. The predicted molar refractivity (Wildman–Crippen MR) is 81.8 cm³/mol. The standard InChI is InChI=1S/C16H17NO3S/c1-17(12-13-7-4-3-5-8-13)16(18)14-9-6-10-15(11-14)21(2,19)20/h3-11H,12H2,1-2H3. The topological polar surface area (TPSA) is 54.5 Å². The molecule has 0 heterocycles. The van der Waals surface area contributed by atoms with Crippen LogP contribution in [-0.2, 0) is 16.4 Å². The maximum absolute atomic E-state index is 12.4. The molecule has 0 aromatic heterocycles. The summed E-state index contributed by atoms with van der Waals surface area (Å²) in [5.74, 6) is -0.204. The van der Waals surface area contributed by atoms with Crippen LogP contribution in [0.2, 0.25) is 0 Å². The van der Waals surface area contributed by atoms with E-state index in [0.29, 0.717) is 12.1 Å². The van der Waals surface area contributed by atoms with E-state index in [9.17, 15) is 13.2 Å². The van der Waals surface area contributed by atoms with Crippen molar-refractivity contribution in [3.05, 3.63) is 65.7 Å². The van der Waals surface area contributed by atoms with Gasteiger partial charge in [0.15, 0.2) is 9.84 Å². The Balaban J connectivity index is 2.20. The molecule has 0 fully saturated rings. The van der Waals surface area contributed by atoms with E-state index in [-0.39, 0.29) is 10.8 Å². The van der Waals surface area contributed by atoms with Gasteiger partial charge in [0.25, 0.3) is 5.91 Å². The van der Waals surface area contributed by atoms with Crippen LogP contribution in [0.1, 0.15) is 15.9 Å². The third-order valence-corrected chi connectivity index (χ3v) is 4.23. The Morgan fingerprint density at radius 3 is 2.33 bits per heavy atom. The highest BCUT2D eigenvalue weighted by Crippen LogP contribution is 2.14. The van der Waals surface area contributed by atoms with Crippen molar-refractivity contribution in [2.45, 2.75) is 11.4 Å². The summed E-state index contributed by atoms with van der Waals surface area (Å²) < 4.78 is 23.1. The van der Waals surface area contributed by atoms with E-state index < -0.39 is 9.84 Å². The molecule has 4 nitrogen and oxygen atoms in total. The van der Waals surface area contributed by atoms with Crippen molar-refractivity contribution in [3.8, 4) is 0 Å². The molecule has 110 valence electrons. The molecule has 21 heavy (non-hydrogen) atoms. The molecule has 1 amide bonds. The van der Waals surface area contributed by atoms with Crippen molar-refractivity contribution in [1.29, 1.82) is 0 Å². The number of hydrogen-bond acceptors (Lipinski definition) is 3. The van der Waals surface area contributed by atoms with Crippen LogP contribution in [0.4, 0.5) is 0 Å². The highest BCUT2D eigenvalue weighted by atomic mass is 32.2. The van der Waals surface area contributed by atoms with Gasteiger partial charge < -0.3 is 4.90 Å². The fraction of sp³-hybridized carbons (Fsp3) is 0.188. The third kappa shape index (κ3) is 3.92. The number of carbonyl (C=O) groups is 1. The Morgan fingerprint density at radius 1 is 1.05 bits per heavy atom. The minimum atomic E-state index is -3.31. The molecule has 0 aliphatic heterocycles. The molecule has 0 spiro atoms. The lowest BCUT2D eigenvalue weighted by molar-refractivity contribution is 0.0785. The van der Waals surface area contributed by atoms with Crippen LogP contribution in [-0.4, -0.2) is 32.5 Å². The minimum Gasteiger partial charge on any atom is -0.337 e. The maximum atomic E-state index is 12.4. The number of nitrogens with zero attached hydrogens (tertiary/aromatic N) is 1. The van der Waals surface area contributed by atoms with Gasteiger partial charge in [-0.05, 0) is 23.8 Å². The van der Waals surface area contributed by atoms with Crippen LogP contribution in [0.5, 0.6) is 0 Å². The molecule has 0 unspecified atom stereocenters. The monoisotopic (exact) mass is 303 g/mol. The lowest BCUT2D eigenvalue weighted by Crippen LogP contribution is -2.26. The van der Waals surface area contributed by atoms with Gasteiger partial charge in [-0.2, -0.15) is 0 Å². The van der Waals surface area contributed by atoms with E-state index >= 15 is 0 Å². The van der Waals surface area contributed by atoms with Crippen LogP contribution in [0, 0.1) is 0 Å². The van der Waals surface area contributed by atoms with Crippen molar-refractivity contribution >= 4 is 15.7 Å². The van der Waals surface area contributed by atoms with Gasteiger partial charge in [-0.25, -0.2) is 8.42 Å². The molecule has 0 atom stereocenters. The van der Waals surface area contributed by atoms with E-state index in [0.717, 1.165) is 11.8 Å². The van der Waals surface area contributed by atoms with E-state index in [1.54, 1.807) is 24.1 Å². The summed E-state index contributed by atoms with van der Waals surface area (Å²) in [5.41, 5.74) is 1.39. The zero-order valence-corrected chi connectivity index (χ0v) is 12.8. The van der Waals surface area contributed by atoms with Crippen LogP contribution in [0.25, 0.3) is 0 Å². The SMILES string of the molecule is CN(Cc1ccccc1)C(=O)c1cccc(S(C)(=O)=O)c1. The Kier molecular flexibility index (Phi) is 4.43. The molecule has 2 aromatic carbocycles. The van der Waals surface area contributed by atoms with Gasteiger partial charge in [0.05, 0.1) is 4.90 Å². The fourth-order valence-corrected chi connectivity index (χ4v) is 2.68. The lowest BCUT2D eigenvalue weighted by atomic mass is 10.1. The predicted octanol–water partition coefficient (Wildman–Crippen LogP) is 2.36. The van der Waals surface area contributed by atoms with Crippen LogP contribution in [0.3, 0.4) is 0 Å². The van der Waals surface area contributed by atoms with Gasteiger partial charge in [0.2, 0.25) is 0 Å². The van der Waals surface area contributed by atoms with Gasteiger partial charge in [0.1, 0.15) is 0 Å².